The Morgan fingerprint density at radius 2 is 2.07 bits per heavy atom. The number of aliphatic hydroxyl groups is 1. The van der Waals surface area contributed by atoms with Crippen LogP contribution in [0.3, 0.4) is 0 Å². The molecule has 0 aromatic rings. The van der Waals surface area contributed by atoms with E-state index in [-0.39, 0.29) is 6.04 Å². The zero-order valence-electron chi connectivity index (χ0n) is 10.1. The summed E-state index contributed by atoms with van der Waals surface area (Å²) in [5.74, 6) is 0.426. The Bertz CT molecular complexity index is 222. The summed E-state index contributed by atoms with van der Waals surface area (Å²) in [4.78, 5) is 0. The first-order chi connectivity index (χ1) is 7.02. The molecule has 0 spiro atoms. The van der Waals surface area contributed by atoms with E-state index >= 15 is 0 Å². The topological polar surface area (TPSA) is 55.5 Å². The molecule has 0 aliphatic rings. The molecule has 3 N–H and O–H groups in total. The molecule has 0 radical (unpaired) electrons. The van der Waals surface area contributed by atoms with Gasteiger partial charge in [-0.25, -0.2) is 0 Å². The minimum Gasteiger partial charge on any atom is -0.504 e. The fraction of sp³-hybridized carbons (Fsp3) is 0.667. The smallest absolute Gasteiger partial charge is 0.0936 e. The first-order valence-corrected chi connectivity index (χ1v) is 5.37. The van der Waals surface area contributed by atoms with Gasteiger partial charge < -0.3 is 15.6 Å². The highest BCUT2D eigenvalue weighted by Gasteiger charge is 2.13. The number of hydrogen-bond donors (Lipinski definition) is 2. The van der Waals surface area contributed by atoms with Gasteiger partial charge in [-0.2, -0.15) is 0 Å². The molecule has 0 saturated carbocycles. The Morgan fingerprint density at radius 1 is 1.47 bits per heavy atom. The van der Waals surface area contributed by atoms with Gasteiger partial charge in [-0.05, 0) is 24.5 Å². The quantitative estimate of drug-likeness (QED) is 0.523. The van der Waals surface area contributed by atoms with Crippen LogP contribution >= 0.6 is 0 Å². The average Bonchev–Trinajstić information content (AvgIpc) is 2.22. The van der Waals surface area contributed by atoms with Crippen LogP contribution in [0.2, 0.25) is 0 Å². The van der Waals surface area contributed by atoms with Crippen molar-refractivity contribution < 1.29 is 9.84 Å². The normalized spacial score (nSPS) is 18.9. The van der Waals surface area contributed by atoms with Crippen molar-refractivity contribution in [3.63, 3.8) is 0 Å². The molecule has 3 atom stereocenters. The SMILES string of the molecule is CCC(C)/C=C(\C=C\OC)C(O)C(C)N. The molecule has 3 nitrogen and oxygen atoms in total. The van der Waals surface area contributed by atoms with Crippen molar-refractivity contribution in [3.8, 4) is 0 Å². The number of ether oxygens (including phenoxy) is 1. The van der Waals surface area contributed by atoms with E-state index in [2.05, 4.69) is 13.8 Å². The lowest BCUT2D eigenvalue weighted by molar-refractivity contribution is 0.188. The molecule has 0 heterocycles. The van der Waals surface area contributed by atoms with Gasteiger partial charge in [-0.3, -0.25) is 0 Å². The Labute approximate surface area is 92.6 Å². The molecular formula is C12H23NO2. The van der Waals surface area contributed by atoms with Crippen molar-refractivity contribution in [2.24, 2.45) is 11.7 Å². The monoisotopic (exact) mass is 213 g/mol. The van der Waals surface area contributed by atoms with Crippen LogP contribution < -0.4 is 5.73 Å². The van der Waals surface area contributed by atoms with Crippen LogP contribution in [-0.4, -0.2) is 24.4 Å². The van der Waals surface area contributed by atoms with Crippen molar-refractivity contribution in [1.29, 1.82) is 0 Å². The van der Waals surface area contributed by atoms with E-state index < -0.39 is 6.10 Å². The Balaban J connectivity index is 4.71. The van der Waals surface area contributed by atoms with Gasteiger partial charge >= 0.3 is 0 Å². The molecule has 0 fully saturated rings. The maximum Gasteiger partial charge on any atom is 0.0936 e. The molecule has 0 aliphatic carbocycles. The molecule has 3 unspecified atom stereocenters. The lowest BCUT2D eigenvalue weighted by Gasteiger charge is -2.17. The summed E-state index contributed by atoms with van der Waals surface area (Å²) in [6.45, 7) is 6.00. The summed E-state index contributed by atoms with van der Waals surface area (Å²) in [6, 6.07) is -0.276. The van der Waals surface area contributed by atoms with E-state index in [0.29, 0.717) is 5.92 Å². The number of methoxy groups -OCH3 is 1. The van der Waals surface area contributed by atoms with Gasteiger partial charge in [0, 0.05) is 6.04 Å². The van der Waals surface area contributed by atoms with Gasteiger partial charge in [-0.15, -0.1) is 0 Å². The van der Waals surface area contributed by atoms with E-state index in [0.717, 1.165) is 12.0 Å². The summed E-state index contributed by atoms with van der Waals surface area (Å²) in [7, 11) is 1.58. The van der Waals surface area contributed by atoms with Crippen LogP contribution in [0.25, 0.3) is 0 Å². The maximum absolute atomic E-state index is 9.86. The number of hydrogen-bond acceptors (Lipinski definition) is 3. The molecule has 0 bridgehead atoms. The molecule has 3 heteroatoms. The fourth-order valence-electron chi connectivity index (χ4n) is 1.15. The first-order valence-electron chi connectivity index (χ1n) is 5.37. The second kappa shape index (κ2) is 7.49. The second-order valence-electron chi connectivity index (χ2n) is 3.89. The second-order valence-corrected chi connectivity index (χ2v) is 3.89. The minimum atomic E-state index is -0.634. The number of rotatable bonds is 6. The van der Waals surface area contributed by atoms with Crippen LogP contribution in [-0.2, 0) is 4.74 Å². The molecule has 0 aliphatic heterocycles. The van der Waals surface area contributed by atoms with E-state index in [1.54, 1.807) is 26.4 Å². The lowest BCUT2D eigenvalue weighted by Crippen LogP contribution is -2.32. The lowest BCUT2D eigenvalue weighted by atomic mass is 9.98. The molecule has 0 aromatic heterocycles. The fourth-order valence-corrected chi connectivity index (χ4v) is 1.15. The molecular weight excluding hydrogens is 190 g/mol. The maximum atomic E-state index is 9.86. The largest absolute Gasteiger partial charge is 0.504 e. The van der Waals surface area contributed by atoms with E-state index in [1.165, 1.54) is 0 Å². The van der Waals surface area contributed by atoms with Crippen molar-refractivity contribution in [2.45, 2.75) is 39.3 Å². The van der Waals surface area contributed by atoms with Gasteiger partial charge in [0.1, 0.15) is 0 Å². The van der Waals surface area contributed by atoms with E-state index in [9.17, 15) is 5.11 Å². The molecule has 88 valence electrons. The number of allylic oxidation sites excluding steroid dienone is 1. The minimum absolute atomic E-state index is 0.276. The van der Waals surface area contributed by atoms with Crippen molar-refractivity contribution in [2.75, 3.05) is 7.11 Å². The van der Waals surface area contributed by atoms with Crippen LogP contribution in [0.5, 0.6) is 0 Å². The zero-order chi connectivity index (χ0) is 11.8. The van der Waals surface area contributed by atoms with Gasteiger partial charge in [0.25, 0.3) is 0 Å². The van der Waals surface area contributed by atoms with Gasteiger partial charge in [0.05, 0.1) is 19.5 Å². The molecule has 0 amide bonds. The summed E-state index contributed by atoms with van der Waals surface area (Å²) < 4.78 is 4.84. The first kappa shape index (κ1) is 14.2. The van der Waals surface area contributed by atoms with Crippen LogP contribution in [0.1, 0.15) is 27.2 Å². The Kier molecular flexibility index (Phi) is 7.09. The van der Waals surface area contributed by atoms with Gasteiger partial charge in [-0.1, -0.05) is 26.3 Å². The number of nitrogens with two attached hydrogens (primary N) is 1. The third-order valence-corrected chi connectivity index (χ3v) is 2.36. The van der Waals surface area contributed by atoms with Crippen molar-refractivity contribution >= 4 is 0 Å². The Morgan fingerprint density at radius 3 is 2.47 bits per heavy atom. The van der Waals surface area contributed by atoms with Crippen LogP contribution in [0, 0.1) is 5.92 Å². The van der Waals surface area contributed by atoms with Crippen molar-refractivity contribution in [3.05, 3.63) is 24.0 Å². The molecule has 0 aromatic carbocycles. The third kappa shape index (κ3) is 5.60. The van der Waals surface area contributed by atoms with Gasteiger partial charge in [0.2, 0.25) is 0 Å². The predicted molar refractivity (Wildman–Crippen MR) is 63.3 cm³/mol. The summed E-state index contributed by atoms with van der Waals surface area (Å²) >= 11 is 0. The summed E-state index contributed by atoms with van der Waals surface area (Å²) in [5.41, 5.74) is 6.48. The zero-order valence-corrected chi connectivity index (χ0v) is 10.1. The van der Waals surface area contributed by atoms with Crippen LogP contribution in [0.4, 0.5) is 0 Å². The van der Waals surface area contributed by atoms with E-state index in [4.69, 9.17) is 10.5 Å². The summed E-state index contributed by atoms with van der Waals surface area (Å²) in [5, 5.41) is 9.86. The molecule has 15 heavy (non-hydrogen) atoms. The summed E-state index contributed by atoms with van der Waals surface area (Å²) in [6.07, 6.45) is 5.75. The highest BCUT2D eigenvalue weighted by molar-refractivity contribution is 5.24. The van der Waals surface area contributed by atoms with Crippen LogP contribution in [0.15, 0.2) is 24.0 Å². The highest BCUT2D eigenvalue weighted by atomic mass is 16.5. The average molecular weight is 213 g/mol. The molecule has 0 rings (SSSR count). The predicted octanol–water partition coefficient (Wildman–Crippen LogP) is 1.83. The third-order valence-electron chi connectivity index (χ3n) is 2.36. The highest BCUT2D eigenvalue weighted by Crippen LogP contribution is 2.13. The standard InChI is InChI=1S/C12H23NO2/c1-5-9(2)8-11(6-7-15-4)12(14)10(3)13/h6-10,12,14H,5,13H2,1-4H3/b7-6+,11-8+. The van der Waals surface area contributed by atoms with Crippen molar-refractivity contribution in [1.82, 2.24) is 0 Å². The molecule has 0 saturated heterocycles. The number of aliphatic hydroxyl groups excluding tert-OH is 1. The van der Waals surface area contributed by atoms with Gasteiger partial charge in [0.15, 0.2) is 0 Å². The van der Waals surface area contributed by atoms with E-state index in [1.807, 2.05) is 6.08 Å². The Hall–Kier alpha value is -0.800.